The van der Waals surface area contributed by atoms with Crippen LogP contribution in [-0.4, -0.2) is 24.0 Å². The molecule has 5 rings (SSSR count). The minimum absolute atomic E-state index is 0.109. The standard InChI is InChI=1S/C26H22FNO3/c1-17-3-2-4-19(13-17)14-24-25(29)21-9-10-23-22(26(21)31-24)15-28(16-30-23)12-11-18-5-7-20(27)8-6-18/h2-10,13-14H,11-12,15-16H2,1H3/b24-14-. The Balaban J connectivity index is 1.36. The minimum Gasteiger partial charge on any atom is -0.478 e. The molecule has 3 aromatic rings. The number of ether oxygens (including phenoxy) is 2. The normalized spacial score (nSPS) is 16.6. The molecule has 3 aromatic carbocycles. The molecule has 2 heterocycles. The van der Waals surface area contributed by atoms with Gasteiger partial charge in [-0.1, -0.05) is 42.0 Å². The summed E-state index contributed by atoms with van der Waals surface area (Å²) in [5.41, 5.74) is 4.59. The molecule has 5 heteroatoms. The van der Waals surface area contributed by atoms with Crippen molar-refractivity contribution in [3.63, 3.8) is 0 Å². The molecule has 0 fully saturated rings. The second kappa shape index (κ2) is 8.00. The number of carbonyl (C=O) groups excluding carboxylic acids is 1. The lowest BCUT2D eigenvalue weighted by Gasteiger charge is -2.29. The van der Waals surface area contributed by atoms with Gasteiger partial charge in [-0.3, -0.25) is 9.69 Å². The highest BCUT2D eigenvalue weighted by Gasteiger charge is 2.33. The Kier molecular flexibility index (Phi) is 5.04. The lowest BCUT2D eigenvalue weighted by atomic mass is 10.0. The van der Waals surface area contributed by atoms with E-state index in [1.807, 2.05) is 37.3 Å². The van der Waals surface area contributed by atoms with E-state index in [9.17, 15) is 9.18 Å². The van der Waals surface area contributed by atoms with Gasteiger partial charge in [0.2, 0.25) is 5.78 Å². The molecule has 0 unspecified atom stereocenters. The first kappa shape index (κ1) is 19.5. The summed E-state index contributed by atoms with van der Waals surface area (Å²) in [5, 5.41) is 0. The molecule has 2 aliphatic heterocycles. The van der Waals surface area contributed by atoms with Crippen LogP contribution in [0, 0.1) is 12.7 Å². The Morgan fingerprint density at radius 3 is 2.74 bits per heavy atom. The van der Waals surface area contributed by atoms with Gasteiger partial charge in [0.15, 0.2) is 5.76 Å². The van der Waals surface area contributed by atoms with Gasteiger partial charge in [0.05, 0.1) is 11.1 Å². The van der Waals surface area contributed by atoms with Crippen molar-refractivity contribution in [3.8, 4) is 11.5 Å². The number of Topliss-reactive ketones (excluding diaryl/α,β-unsaturated/α-hetero) is 1. The molecule has 4 nitrogen and oxygen atoms in total. The van der Waals surface area contributed by atoms with Crippen LogP contribution in [0.25, 0.3) is 6.08 Å². The molecule has 0 amide bonds. The largest absolute Gasteiger partial charge is 0.478 e. The van der Waals surface area contributed by atoms with E-state index in [4.69, 9.17) is 9.47 Å². The molecule has 0 saturated heterocycles. The van der Waals surface area contributed by atoms with Crippen molar-refractivity contribution in [2.45, 2.75) is 19.9 Å². The predicted octanol–water partition coefficient (Wildman–Crippen LogP) is 5.14. The molecule has 0 radical (unpaired) electrons. The van der Waals surface area contributed by atoms with Gasteiger partial charge in [-0.15, -0.1) is 0 Å². The van der Waals surface area contributed by atoms with Gasteiger partial charge in [0.1, 0.15) is 24.0 Å². The van der Waals surface area contributed by atoms with E-state index in [0.717, 1.165) is 41.0 Å². The molecule has 0 bridgehead atoms. The number of hydrogen-bond donors (Lipinski definition) is 0. The zero-order valence-corrected chi connectivity index (χ0v) is 17.2. The first-order valence-electron chi connectivity index (χ1n) is 10.3. The van der Waals surface area contributed by atoms with Gasteiger partial charge in [-0.2, -0.15) is 0 Å². The van der Waals surface area contributed by atoms with Crippen LogP contribution < -0.4 is 9.47 Å². The van der Waals surface area contributed by atoms with Gasteiger partial charge in [-0.05, 0) is 54.8 Å². The van der Waals surface area contributed by atoms with Crippen molar-refractivity contribution in [3.05, 3.63) is 100 Å². The van der Waals surface area contributed by atoms with Gasteiger partial charge >= 0.3 is 0 Å². The van der Waals surface area contributed by atoms with E-state index in [-0.39, 0.29) is 11.6 Å². The summed E-state index contributed by atoms with van der Waals surface area (Å²) in [5.74, 6) is 1.33. The number of allylic oxidation sites excluding steroid dienone is 1. The van der Waals surface area contributed by atoms with Crippen LogP contribution in [-0.2, 0) is 13.0 Å². The van der Waals surface area contributed by atoms with E-state index in [0.29, 0.717) is 30.3 Å². The van der Waals surface area contributed by atoms with Gasteiger partial charge < -0.3 is 9.47 Å². The zero-order chi connectivity index (χ0) is 21.4. The second-order valence-electron chi connectivity index (χ2n) is 7.98. The Morgan fingerprint density at radius 1 is 1.10 bits per heavy atom. The topological polar surface area (TPSA) is 38.8 Å². The van der Waals surface area contributed by atoms with Gasteiger partial charge in [-0.25, -0.2) is 4.39 Å². The SMILES string of the molecule is Cc1cccc(/C=C2\Oc3c(ccc4c3CN(CCc3ccc(F)cc3)CO4)C2=O)c1. The second-order valence-corrected chi connectivity index (χ2v) is 7.98. The van der Waals surface area contributed by atoms with Crippen molar-refractivity contribution >= 4 is 11.9 Å². The third-order valence-corrected chi connectivity index (χ3v) is 5.65. The summed E-state index contributed by atoms with van der Waals surface area (Å²) in [4.78, 5) is 15.1. The van der Waals surface area contributed by atoms with E-state index in [1.54, 1.807) is 24.3 Å². The highest BCUT2D eigenvalue weighted by Crippen LogP contribution is 2.42. The average Bonchev–Trinajstić information content (AvgIpc) is 3.09. The highest BCUT2D eigenvalue weighted by atomic mass is 19.1. The lowest BCUT2D eigenvalue weighted by molar-refractivity contribution is 0.0949. The fourth-order valence-corrected chi connectivity index (χ4v) is 4.00. The number of hydrogen-bond acceptors (Lipinski definition) is 4. The monoisotopic (exact) mass is 415 g/mol. The van der Waals surface area contributed by atoms with Gasteiger partial charge in [0.25, 0.3) is 0 Å². The maximum absolute atomic E-state index is 13.1. The zero-order valence-electron chi connectivity index (χ0n) is 17.2. The highest BCUT2D eigenvalue weighted by molar-refractivity contribution is 6.15. The number of halogens is 1. The Morgan fingerprint density at radius 2 is 1.94 bits per heavy atom. The van der Waals surface area contributed by atoms with E-state index in [1.165, 1.54) is 12.1 Å². The number of carbonyl (C=O) groups is 1. The quantitative estimate of drug-likeness (QED) is 0.553. The average molecular weight is 415 g/mol. The first-order valence-corrected chi connectivity index (χ1v) is 10.3. The van der Waals surface area contributed by atoms with Crippen LogP contribution >= 0.6 is 0 Å². The molecule has 0 atom stereocenters. The number of aryl methyl sites for hydroxylation is 1. The maximum Gasteiger partial charge on any atom is 0.231 e. The van der Waals surface area contributed by atoms with Crippen molar-refractivity contribution in [1.82, 2.24) is 4.90 Å². The molecule has 0 spiro atoms. The van der Waals surface area contributed by atoms with Crippen LogP contribution in [0.2, 0.25) is 0 Å². The number of rotatable bonds is 4. The van der Waals surface area contributed by atoms with Crippen molar-refractivity contribution in [2.24, 2.45) is 0 Å². The summed E-state index contributed by atoms with van der Waals surface area (Å²) in [7, 11) is 0. The Labute approximate surface area is 180 Å². The summed E-state index contributed by atoms with van der Waals surface area (Å²) in [6.07, 6.45) is 2.57. The predicted molar refractivity (Wildman–Crippen MR) is 117 cm³/mol. The van der Waals surface area contributed by atoms with Gasteiger partial charge in [0, 0.05) is 13.1 Å². The van der Waals surface area contributed by atoms with Crippen LogP contribution in [0.3, 0.4) is 0 Å². The first-order chi connectivity index (χ1) is 15.1. The Bertz CT molecular complexity index is 1180. The third kappa shape index (κ3) is 3.97. The van der Waals surface area contributed by atoms with E-state index >= 15 is 0 Å². The minimum atomic E-state index is -0.231. The molecule has 31 heavy (non-hydrogen) atoms. The number of fused-ring (bicyclic) bond motifs is 3. The molecule has 156 valence electrons. The third-order valence-electron chi connectivity index (χ3n) is 5.65. The molecule has 0 saturated carbocycles. The van der Waals surface area contributed by atoms with Crippen molar-refractivity contribution in [2.75, 3.05) is 13.3 Å². The summed E-state index contributed by atoms with van der Waals surface area (Å²) >= 11 is 0. The summed E-state index contributed by atoms with van der Waals surface area (Å²) in [6, 6.07) is 18.1. The number of ketones is 1. The molecular weight excluding hydrogens is 393 g/mol. The fraction of sp³-hybridized carbons (Fsp3) is 0.192. The lowest BCUT2D eigenvalue weighted by Crippen LogP contribution is -2.33. The smallest absolute Gasteiger partial charge is 0.231 e. The van der Waals surface area contributed by atoms with Crippen molar-refractivity contribution in [1.29, 1.82) is 0 Å². The number of benzene rings is 3. The van der Waals surface area contributed by atoms with Crippen LogP contribution in [0.4, 0.5) is 4.39 Å². The molecule has 2 aliphatic rings. The van der Waals surface area contributed by atoms with Crippen LogP contribution in [0.5, 0.6) is 11.5 Å². The Hall–Kier alpha value is -3.44. The molecule has 0 aliphatic carbocycles. The van der Waals surface area contributed by atoms with E-state index < -0.39 is 0 Å². The summed E-state index contributed by atoms with van der Waals surface area (Å²) in [6.45, 7) is 3.87. The molecular formula is C26H22FNO3. The fourth-order valence-electron chi connectivity index (χ4n) is 4.00. The van der Waals surface area contributed by atoms with Crippen LogP contribution in [0.1, 0.15) is 32.6 Å². The molecule has 0 N–H and O–H groups in total. The van der Waals surface area contributed by atoms with Crippen LogP contribution in [0.15, 0.2) is 66.4 Å². The van der Waals surface area contributed by atoms with E-state index in [2.05, 4.69) is 4.90 Å². The number of nitrogens with zero attached hydrogens (tertiary/aromatic N) is 1. The molecule has 0 aromatic heterocycles. The van der Waals surface area contributed by atoms with Crippen molar-refractivity contribution < 1.29 is 18.7 Å². The summed E-state index contributed by atoms with van der Waals surface area (Å²) < 4.78 is 25.1. The maximum atomic E-state index is 13.1.